The second-order valence-corrected chi connectivity index (χ2v) is 12.7. The molecule has 0 aromatic carbocycles. The minimum atomic E-state index is -1.01. The molecule has 1 spiro atoms. The van der Waals surface area contributed by atoms with E-state index in [2.05, 4.69) is 27.1 Å². The van der Waals surface area contributed by atoms with E-state index in [1.54, 1.807) is 0 Å². The number of nitrogens with zero attached hydrogens (tertiary/aromatic N) is 8. The molecule has 0 saturated carbocycles. The van der Waals surface area contributed by atoms with Gasteiger partial charge in [-0.15, -0.1) is 5.10 Å². The highest BCUT2D eigenvalue weighted by Crippen LogP contribution is 2.44. The Morgan fingerprint density at radius 2 is 1.96 bits per heavy atom. The van der Waals surface area contributed by atoms with Crippen LogP contribution in [0.3, 0.4) is 0 Å². The fraction of sp³-hybridized carbons (Fsp3) is 0.600. The Morgan fingerprint density at radius 3 is 2.69 bits per heavy atom. The van der Waals surface area contributed by atoms with Crippen LogP contribution in [-0.4, -0.2) is 86.8 Å². The van der Waals surface area contributed by atoms with Gasteiger partial charge in [0.2, 0.25) is 0 Å². The lowest BCUT2D eigenvalue weighted by molar-refractivity contribution is -0.0368. The van der Waals surface area contributed by atoms with Gasteiger partial charge in [-0.2, -0.15) is 5.10 Å². The first-order chi connectivity index (χ1) is 21.8. The highest BCUT2D eigenvalue weighted by molar-refractivity contribution is 5.96. The average Bonchev–Trinajstić information content (AvgIpc) is 3.58. The van der Waals surface area contributed by atoms with Gasteiger partial charge >= 0.3 is 6.09 Å². The van der Waals surface area contributed by atoms with Crippen LogP contribution in [0.5, 0.6) is 0 Å². The van der Waals surface area contributed by atoms with Gasteiger partial charge in [-0.25, -0.2) is 24.4 Å². The van der Waals surface area contributed by atoms with E-state index in [1.807, 2.05) is 29.9 Å². The number of pyridine rings is 1. The van der Waals surface area contributed by atoms with Crippen molar-refractivity contribution in [1.29, 1.82) is 0 Å². The quantitative estimate of drug-likeness (QED) is 0.141. The summed E-state index contributed by atoms with van der Waals surface area (Å²) >= 11 is 0. The maximum atomic E-state index is 11.5. The molecule has 15 nitrogen and oxygen atoms in total. The lowest BCUT2D eigenvalue weighted by atomic mass is 9.73. The summed E-state index contributed by atoms with van der Waals surface area (Å²) in [5, 5.41) is 20.9. The fourth-order valence-electron chi connectivity index (χ4n) is 7.42. The standard InChI is InChI=1S/C30H41N11O4/c1-17-8-11-40(20-7-6-19(26(31)37-32)34-23(17)20)28-24-27(41(38-28)22-5-3-4-14-44-22)35-21(15-33-24)39-12-9-30(10-13-39)16-45-18(2)25(30)36-29(42)43/h6-7,15,17-18,22,25,36H,3-5,8-14,16,32H2,1-2H3,(H2,31,37)(H,42,43)/t17-,18-,22?,25+/m0/s1. The molecule has 7 rings (SSSR count). The van der Waals surface area contributed by atoms with Gasteiger partial charge in [0, 0.05) is 37.6 Å². The summed E-state index contributed by atoms with van der Waals surface area (Å²) < 4.78 is 14.0. The molecule has 3 saturated heterocycles. The van der Waals surface area contributed by atoms with Crippen molar-refractivity contribution >= 4 is 40.4 Å². The number of amidine groups is 1. The minimum Gasteiger partial charge on any atom is -0.465 e. The van der Waals surface area contributed by atoms with Gasteiger partial charge in [-0.3, -0.25) is 0 Å². The fourth-order valence-corrected chi connectivity index (χ4v) is 7.42. The van der Waals surface area contributed by atoms with Crippen LogP contribution < -0.4 is 26.7 Å². The Kier molecular flexibility index (Phi) is 7.60. The molecule has 6 N–H and O–H groups in total. The van der Waals surface area contributed by atoms with Crippen LogP contribution in [0.15, 0.2) is 23.4 Å². The minimum absolute atomic E-state index is 0.164. The molecular weight excluding hydrogens is 578 g/mol. The van der Waals surface area contributed by atoms with E-state index >= 15 is 0 Å². The van der Waals surface area contributed by atoms with Gasteiger partial charge in [0.25, 0.3) is 0 Å². The second kappa shape index (κ2) is 11.6. The highest BCUT2D eigenvalue weighted by atomic mass is 16.5. The Labute approximate surface area is 261 Å². The Balaban J connectivity index is 1.23. The maximum Gasteiger partial charge on any atom is 0.404 e. The molecule has 0 bridgehead atoms. The third kappa shape index (κ3) is 5.17. The van der Waals surface area contributed by atoms with Crippen molar-refractivity contribution in [2.24, 2.45) is 22.1 Å². The summed E-state index contributed by atoms with van der Waals surface area (Å²) in [6.45, 7) is 7.50. The zero-order valence-corrected chi connectivity index (χ0v) is 25.7. The predicted octanol–water partition coefficient (Wildman–Crippen LogP) is 2.79. The van der Waals surface area contributed by atoms with Crippen LogP contribution in [-0.2, 0) is 9.47 Å². The van der Waals surface area contributed by atoms with Crippen LogP contribution in [0.2, 0.25) is 0 Å². The summed E-state index contributed by atoms with van der Waals surface area (Å²) in [5.74, 6) is 7.33. The maximum absolute atomic E-state index is 11.5. The van der Waals surface area contributed by atoms with E-state index in [1.165, 1.54) is 0 Å². The van der Waals surface area contributed by atoms with Crippen molar-refractivity contribution in [1.82, 2.24) is 30.0 Å². The van der Waals surface area contributed by atoms with Crippen molar-refractivity contribution < 1.29 is 19.4 Å². The van der Waals surface area contributed by atoms with Gasteiger partial charge in [-0.05, 0) is 57.6 Å². The molecule has 1 unspecified atom stereocenters. The smallest absolute Gasteiger partial charge is 0.404 e. The third-order valence-electron chi connectivity index (χ3n) is 10.0. The number of carboxylic acid groups (broad SMARTS) is 1. The van der Waals surface area contributed by atoms with Crippen LogP contribution >= 0.6 is 0 Å². The number of hydrogen-bond acceptors (Lipinski definition) is 11. The number of rotatable bonds is 5. The van der Waals surface area contributed by atoms with Gasteiger partial charge in [0.05, 0.1) is 36.3 Å². The number of anilines is 3. The van der Waals surface area contributed by atoms with E-state index < -0.39 is 6.09 Å². The Morgan fingerprint density at radius 1 is 1.13 bits per heavy atom. The number of hydrogen-bond donors (Lipinski definition) is 4. The number of nitrogens with two attached hydrogens (primary N) is 2. The molecule has 15 heteroatoms. The zero-order valence-electron chi connectivity index (χ0n) is 25.7. The van der Waals surface area contributed by atoms with Gasteiger partial charge in [-0.1, -0.05) is 6.92 Å². The molecule has 7 heterocycles. The van der Waals surface area contributed by atoms with E-state index in [9.17, 15) is 9.90 Å². The van der Waals surface area contributed by atoms with Gasteiger partial charge in [0.1, 0.15) is 11.5 Å². The SMILES string of the molecule is C[C@@H]1OCC2(CCN(c3cnc4c(N5CC[C@H](C)c6nc(/C(N)=N/N)ccc65)nn(C5CCCCO5)c4n3)CC2)[C@@H]1NC(=O)O. The van der Waals surface area contributed by atoms with Crippen LogP contribution in [0, 0.1) is 5.41 Å². The van der Waals surface area contributed by atoms with Gasteiger partial charge < -0.3 is 41.3 Å². The Bertz CT molecular complexity index is 1610. The number of carbonyl (C=O) groups is 1. The highest BCUT2D eigenvalue weighted by Gasteiger charge is 2.50. The molecule has 3 fully saturated rings. The normalized spacial score (nSPS) is 26.8. The molecule has 0 radical (unpaired) electrons. The molecule has 1 amide bonds. The summed E-state index contributed by atoms with van der Waals surface area (Å²) in [5.41, 5.74) is 9.55. The third-order valence-corrected chi connectivity index (χ3v) is 10.0. The summed E-state index contributed by atoms with van der Waals surface area (Å²) in [6, 6.07) is 3.59. The Hall–Kier alpha value is -4.24. The lowest BCUT2D eigenvalue weighted by Crippen LogP contribution is -2.54. The van der Waals surface area contributed by atoms with Crippen LogP contribution in [0.25, 0.3) is 11.2 Å². The summed E-state index contributed by atoms with van der Waals surface area (Å²) in [7, 11) is 0. The molecule has 4 atom stereocenters. The van der Waals surface area contributed by atoms with Crippen molar-refractivity contribution in [3.05, 3.63) is 29.7 Å². The number of piperidine rings is 1. The molecule has 4 aliphatic heterocycles. The van der Waals surface area contributed by atoms with E-state index in [0.717, 1.165) is 81.2 Å². The van der Waals surface area contributed by atoms with Crippen molar-refractivity contribution in [3.63, 3.8) is 0 Å². The first-order valence-corrected chi connectivity index (χ1v) is 15.8. The zero-order chi connectivity index (χ0) is 31.3. The van der Waals surface area contributed by atoms with E-state index in [-0.39, 0.29) is 35.5 Å². The topological polar surface area (TPSA) is 195 Å². The number of nitrogens with one attached hydrogen (secondary N) is 1. The number of hydrazone groups is 1. The monoisotopic (exact) mass is 619 g/mol. The summed E-state index contributed by atoms with van der Waals surface area (Å²) in [6.07, 6.45) is 5.79. The summed E-state index contributed by atoms with van der Waals surface area (Å²) in [4.78, 5) is 30.9. The van der Waals surface area contributed by atoms with E-state index in [4.69, 9.17) is 41.1 Å². The largest absolute Gasteiger partial charge is 0.465 e. The van der Waals surface area contributed by atoms with Crippen molar-refractivity contribution in [2.45, 2.75) is 76.7 Å². The molecular formula is C30H41N11O4. The number of amides is 1. The number of fused-ring (bicyclic) bond motifs is 2. The molecule has 3 aromatic rings. The molecule has 45 heavy (non-hydrogen) atoms. The predicted molar refractivity (Wildman–Crippen MR) is 168 cm³/mol. The van der Waals surface area contributed by atoms with Crippen molar-refractivity contribution in [2.75, 3.05) is 42.6 Å². The first-order valence-electron chi connectivity index (χ1n) is 15.8. The van der Waals surface area contributed by atoms with Crippen LogP contribution in [0.1, 0.15) is 75.9 Å². The molecule has 3 aromatic heterocycles. The van der Waals surface area contributed by atoms with Crippen LogP contribution in [0.4, 0.5) is 22.1 Å². The lowest BCUT2D eigenvalue weighted by Gasteiger charge is -2.42. The second-order valence-electron chi connectivity index (χ2n) is 12.7. The molecule has 4 aliphatic rings. The number of aromatic nitrogens is 5. The molecule has 0 aliphatic carbocycles. The van der Waals surface area contributed by atoms with Gasteiger partial charge in [0.15, 0.2) is 29.0 Å². The first kappa shape index (κ1) is 29.5. The van der Waals surface area contributed by atoms with Crippen molar-refractivity contribution in [3.8, 4) is 0 Å². The average molecular weight is 620 g/mol. The van der Waals surface area contributed by atoms with E-state index in [0.29, 0.717) is 30.1 Å². The number of ether oxygens (including phenoxy) is 2. The molecule has 240 valence electrons.